The third kappa shape index (κ3) is 2.93. The molecule has 0 aromatic carbocycles. The molecule has 0 aliphatic heterocycles. The smallest absolute Gasteiger partial charge is 0.169 e. The highest BCUT2D eigenvalue weighted by Crippen LogP contribution is 2.24. The van der Waals surface area contributed by atoms with E-state index in [0.29, 0.717) is 10.5 Å². The Hall–Kier alpha value is -1.60. The van der Waals surface area contributed by atoms with E-state index in [1.165, 1.54) is 18.3 Å². The maximum atomic E-state index is 11.1. The summed E-state index contributed by atoms with van der Waals surface area (Å²) in [5.41, 5.74) is 0.581. The van der Waals surface area contributed by atoms with E-state index in [-0.39, 0.29) is 5.78 Å². The summed E-state index contributed by atoms with van der Waals surface area (Å²) in [6.07, 6.45) is 1.75. The minimum Gasteiger partial charge on any atom is -0.382 e. The summed E-state index contributed by atoms with van der Waals surface area (Å²) in [6.45, 7) is 1.53. The number of hydrogen-bond acceptors (Lipinski definition) is 4. The van der Waals surface area contributed by atoms with Crippen molar-refractivity contribution in [2.24, 2.45) is 0 Å². The minimum atomic E-state index is 0.0355. The van der Waals surface area contributed by atoms with E-state index in [1.54, 1.807) is 18.3 Å². The molecule has 4 heteroatoms. The molecule has 15 heavy (non-hydrogen) atoms. The fraction of sp³-hybridized carbons (Fsp3) is 0.273. The second kappa shape index (κ2) is 4.76. The van der Waals surface area contributed by atoms with E-state index >= 15 is 0 Å². The molecule has 1 aromatic heterocycles. The lowest BCUT2D eigenvalue weighted by molar-refractivity contribution is 0.102. The number of Topliss-reactive ketones (excluding diaryl/α,β-unsaturated/α-hetero) is 1. The normalized spacial score (nSPS) is 10.9. The average Bonchev–Trinajstić information content (AvgIpc) is 2.62. The van der Waals surface area contributed by atoms with Crippen molar-refractivity contribution in [1.29, 1.82) is 5.26 Å². The molecule has 0 fully saturated rings. The summed E-state index contributed by atoms with van der Waals surface area (Å²) in [4.78, 5) is 14.4. The predicted molar refractivity (Wildman–Crippen MR) is 61.6 cm³/mol. The molecule has 0 spiro atoms. The van der Waals surface area contributed by atoms with Crippen molar-refractivity contribution in [2.45, 2.75) is 6.92 Å². The van der Waals surface area contributed by atoms with Crippen LogP contribution in [0.4, 0.5) is 0 Å². The van der Waals surface area contributed by atoms with E-state index in [2.05, 4.69) is 6.07 Å². The minimum absolute atomic E-state index is 0.0355. The number of hydrogen-bond donors (Lipinski definition) is 0. The van der Waals surface area contributed by atoms with Crippen LogP contribution >= 0.6 is 11.3 Å². The molecule has 0 saturated heterocycles. The Morgan fingerprint density at radius 3 is 2.47 bits per heavy atom. The summed E-state index contributed by atoms with van der Waals surface area (Å²) in [6, 6.07) is 5.68. The molecule has 0 radical (unpaired) electrons. The second-order valence-electron chi connectivity index (χ2n) is 3.34. The Bertz CT molecular complexity index is 438. The first-order valence-electron chi connectivity index (χ1n) is 4.44. The maximum Gasteiger partial charge on any atom is 0.169 e. The molecule has 1 heterocycles. The van der Waals surface area contributed by atoms with Gasteiger partial charge in [-0.1, -0.05) is 0 Å². The van der Waals surface area contributed by atoms with Crippen LogP contribution in [0.2, 0.25) is 0 Å². The van der Waals surface area contributed by atoms with Crippen molar-refractivity contribution >= 4 is 22.7 Å². The third-order valence-electron chi connectivity index (χ3n) is 1.73. The first kappa shape index (κ1) is 11.5. The van der Waals surface area contributed by atoms with Crippen LogP contribution in [0.1, 0.15) is 21.5 Å². The molecular formula is C11H12N2OS. The number of ketones is 1. The van der Waals surface area contributed by atoms with Gasteiger partial charge in [0.1, 0.15) is 6.07 Å². The highest BCUT2D eigenvalue weighted by Gasteiger charge is 2.08. The lowest BCUT2D eigenvalue weighted by Crippen LogP contribution is -2.01. The van der Waals surface area contributed by atoms with Gasteiger partial charge < -0.3 is 4.90 Å². The number of thiophene rings is 1. The largest absolute Gasteiger partial charge is 0.382 e. The monoisotopic (exact) mass is 220 g/mol. The zero-order valence-corrected chi connectivity index (χ0v) is 9.76. The van der Waals surface area contributed by atoms with Gasteiger partial charge in [0.2, 0.25) is 0 Å². The van der Waals surface area contributed by atoms with Crippen molar-refractivity contribution in [3.63, 3.8) is 0 Å². The molecule has 0 aliphatic carbocycles. The maximum absolute atomic E-state index is 11.1. The van der Waals surface area contributed by atoms with Crippen LogP contribution in [0, 0.1) is 11.3 Å². The van der Waals surface area contributed by atoms with Gasteiger partial charge in [0.05, 0.1) is 10.5 Å². The van der Waals surface area contributed by atoms with Crippen molar-refractivity contribution < 1.29 is 4.79 Å². The van der Waals surface area contributed by atoms with Crippen LogP contribution in [0.5, 0.6) is 0 Å². The molecule has 0 atom stereocenters. The molecule has 1 aromatic rings. The highest BCUT2D eigenvalue weighted by atomic mass is 32.1. The topological polar surface area (TPSA) is 44.1 Å². The molecule has 0 amide bonds. The predicted octanol–water partition coefficient (Wildman–Crippen LogP) is 2.38. The lowest BCUT2D eigenvalue weighted by Gasteiger charge is -2.04. The number of rotatable bonds is 3. The van der Waals surface area contributed by atoms with Gasteiger partial charge in [0.25, 0.3) is 0 Å². The average molecular weight is 220 g/mol. The SMILES string of the molecule is CC(=O)c1ccc(/C(C#N)=C/N(C)C)s1. The Morgan fingerprint density at radius 2 is 2.07 bits per heavy atom. The first-order valence-corrected chi connectivity index (χ1v) is 5.25. The summed E-state index contributed by atoms with van der Waals surface area (Å²) < 4.78 is 0. The van der Waals surface area contributed by atoms with Gasteiger partial charge in [-0.3, -0.25) is 4.79 Å². The molecule has 0 saturated carbocycles. The molecule has 0 unspecified atom stereocenters. The number of nitriles is 1. The van der Waals surface area contributed by atoms with E-state index in [0.717, 1.165) is 4.88 Å². The van der Waals surface area contributed by atoms with Crippen LogP contribution in [0.25, 0.3) is 5.57 Å². The molecule has 1 rings (SSSR count). The Balaban J connectivity index is 3.05. The fourth-order valence-corrected chi connectivity index (χ4v) is 1.94. The summed E-state index contributed by atoms with van der Waals surface area (Å²) >= 11 is 1.35. The van der Waals surface area contributed by atoms with Crippen LogP contribution in [0.3, 0.4) is 0 Å². The highest BCUT2D eigenvalue weighted by molar-refractivity contribution is 7.15. The summed E-state index contributed by atoms with van der Waals surface area (Å²) in [5, 5.41) is 8.95. The van der Waals surface area contributed by atoms with Gasteiger partial charge >= 0.3 is 0 Å². The summed E-state index contributed by atoms with van der Waals surface area (Å²) in [7, 11) is 3.72. The van der Waals surface area contributed by atoms with Crippen LogP contribution < -0.4 is 0 Å². The fourth-order valence-electron chi connectivity index (χ4n) is 1.08. The number of carbonyl (C=O) groups is 1. The van der Waals surface area contributed by atoms with Gasteiger partial charge in [0.15, 0.2) is 5.78 Å². The lowest BCUT2D eigenvalue weighted by atomic mass is 10.2. The van der Waals surface area contributed by atoms with Crippen molar-refractivity contribution in [2.75, 3.05) is 14.1 Å². The van der Waals surface area contributed by atoms with Crippen molar-refractivity contribution in [3.8, 4) is 6.07 Å². The summed E-state index contributed by atoms with van der Waals surface area (Å²) in [5.74, 6) is 0.0355. The van der Waals surface area contributed by atoms with Gasteiger partial charge in [0, 0.05) is 25.2 Å². The third-order valence-corrected chi connectivity index (χ3v) is 2.95. The molecule has 3 nitrogen and oxygen atoms in total. The van der Waals surface area contributed by atoms with Crippen LogP contribution in [-0.4, -0.2) is 24.8 Å². The Morgan fingerprint density at radius 1 is 1.47 bits per heavy atom. The molecule has 0 N–H and O–H groups in total. The molecule has 0 bridgehead atoms. The zero-order chi connectivity index (χ0) is 11.4. The van der Waals surface area contributed by atoms with Gasteiger partial charge in [-0.05, 0) is 19.1 Å². The van der Waals surface area contributed by atoms with Crippen molar-refractivity contribution in [1.82, 2.24) is 4.90 Å². The van der Waals surface area contributed by atoms with Crippen LogP contribution in [-0.2, 0) is 0 Å². The van der Waals surface area contributed by atoms with Gasteiger partial charge in [-0.15, -0.1) is 11.3 Å². The van der Waals surface area contributed by atoms with E-state index in [9.17, 15) is 4.79 Å². The Kier molecular flexibility index (Phi) is 3.64. The number of allylic oxidation sites excluding steroid dienone is 1. The number of nitrogens with zero attached hydrogens (tertiary/aromatic N) is 2. The van der Waals surface area contributed by atoms with Crippen LogP contribution in [0.15, 0.2) is 18.3 Å². The molecule has 78 valence electrons. The van der Waals surface area contributed by atoms with E-state index < -0.39 is 0 Å². The van der Waals surface area contributed by atoms with Crippen molar-refractivity contribution in [3.05, 3.63) is 28.1 Å². The Labute approximate surface area is 93.3 Å². The standard InChI is InChI=1S/C11H12N2OS/c1-8(14)10-4-5-11(15-10)9(6-12)7-13(2)3/h4-5,7H,1-3H3/b9-7+. The molecular weight excluding hydrogens is 208 g/mol. The van der Waals surface area contributed by atoms with Gasteiger partial charge in [-0.25, -0.2) is 0 Å². The van der Waals surface area contributed by atoms with Gasteiger partial charge in [-0.2, -0.15) is 5.26 Å². The molecule has 0 aliphatic rings. The zero-order valence-electron chi connectivity index (χ0n) is 8.94. The number of carbonyl (C=O) groups excluding carboxylic acids is 1. The quantitative estimate of drug-likeness (QED) is 0.580. The van der Waals surface area contributed by atoms with E-state index in [1.807, 2.05) is 19.0 Å². The van der Waals surface area contributed by atoms with E-state index in [4.69, 9.17) is 5.26 Å². The first-order chi connectivity index (χ1) is 7.04. The second-order valence-corrected chi connectivity index (χ2v) is 4.42.